The van der Waals surface area contributed by atoms with E-state index >= 15 is 0 Å². The topological polar surface area (TPSA) is 21.7 Å². The Morgan fingerprint density at radius 1 is 0.806 bits per heavy atom. The SMILES string of the molecule is Cc1ccc2nc(-c3ccccc3)sc2c1-c1n(-c2ccc(C(C)(C)C)cc2)c2ccccc2[n+]1C. The first-order valence-corrected chi connectivity index (χ1v) is 13.2. The van der Waals surface area contributed by atoms with Gasteiger partial charge in [0, 0.05) is 5.56 Å². The van der Waals surface area contributed by atoms with Crippen molar-refractivity contribution < 1.29 is 4.57 Å². The van der Waals surface area contributed by atoms with E-state index in [1.54, 1.807) is 11.3 Å². The van der Waals surface area contributed by atoms with Crippen LogP contribution < -0.4 is 4.57 Å². The minimum absolute atomic E-state index is 0.115. The fourth-order valence-electron chi connectivity index (χ4n) is 5.04. The van der Waals surface area contributed by atoms with Crippen LogP contribution in [0.4, 0.5) is 0 Å². The summed E-state index contributed by atoms with van der Waals surface area (Å²) in [5.41, 5.74) is 9.70. The molecule has 6 rings (SSSR count). The molecular weight excluding hydrogens is 458 g/mol. The molecule has 4 aromatic carbocycles. The Morgan fingerprint density at radius 2 is 1.50 bits per heavy atom. The average Bonchev–Trinajstić information content (AvgIpc) is 3.44. The number of hydrogen-bond acceptors (Lipinski definition) is 2. The standard InChI is InChI=1S/C32H30N3S/c1-21-15-20-25-29(36-30(33-25)22-11-7-6-8-12-22)28(21)31-34(5)26-13-9-10-14-27(26)35(31)24-18-16-23(17-19-24)32(2,3)4/h6-20H,1-5H3/q+1. The van der Waals surface area contributed by atoms with Crippen LogP contribution in [0.2, 0.25) is 0 Å². The normalized spacial score (nSPS) is 12.0. The van der Waals surface area contributed by atoms with Crippen LogP contribution in [0.25, 0.3) is 48.9 Å². The van der Waals surface area contributed by atoms with Gasteiger partial charge in [-0.2, -0.15) is 4.57 Å². The third-order valence-electron chi connectivity index (χ3n) is 7.02. The van der Waals surface area contributed by atoms with Crippen LogP contribution in [0.1, 0.15) is 31.9 Å². The second-order valence-corrected chi connectivity index (χ2v) is 11.5. The maximum atomic E-state index is 5.03. The lowest BCUT2D eigenvalue weighted by atomic mass is 9.87. The summed E-state index contributed by atoms with van der Waals surface area (Å²) in [4.78, 5) is 5.03. The summed E-state index contributed by atoms with van der Waals surface area (Å²) in [5.74, 6) is 1.17. The van der Waals surface area contributed by atoms with Crippen LogP contribution in [-0.2, 0) is 12.5 Å². The Morgan fingerprint density at radius 3 is 2.22 bits per heavy atom. The van der Waals surface area contributed by atoms with Crippen LogP contribution in [0, 0.1) is 6.92 Å². The largest absolute Gasteiger partial charge is 0.296 e. The highest BCUT2D eigenvalue weighted by Gasteiger charge is 2.29. The number of para-hydroxylation sites is 2. The van der Waals surface area contributed by atoms with Gasteiger partial charge in [0.25, 0.3) is 5.82 Å². The Kier molecular flexibility index (Phi) is 5.31. The highest BCUT2D eigenvalue weighted by Crippen LogP contribution is 2.40. The maximum Gasteiger partial charge on any atom is 0.296 e. The van der Waals surface area contributed by atoms with E-state index in [1.807, 2.05) is 0 Å². The molecule has 0 bridgehead atoms. The van der Waals surface area contributed by atoms with E-state index in [9.17, 15) is 0 Å². The smallest absolute Gasteiger partial charge is 0.236 e. The number of benzene rings is 4. The van der Waals surface area contributed by atoms with Gasteiger partial charge in [-0.1, -0.05) is 81.4 Å². The van der Waals surface area contributed by atoms with E-state index in [4.69, 9.17) is 4.98 Å². The second kappa shape index (κ2) is 8.42. The van der Waals surface area contributed by atoms with Crippen molar-refractivity contribution in [3.05, 3.63) is 102 Å². The average molecular weight is 489 g/mol. The summed E-state index contributed by atoms with van der Waals surface area (Å²) in [6.07, 6.45) is 0. The molecule has 0 aliphatic rings. The highest BCUT2D eigenvalue weighted by molar-refractivity contribution is 7.22. The Bertz CT molecular complexity index is 1720. The van der Waals surface area contributed by atoms with Crippen molar-refractivity contribution in [1.29, 1.82) is 0 Å². The third-order valence-corrected chi connectivity index (χ3v) is 8.15. The van der Waals surface area contributed by atoms with Gasteiger partial charge in [-0.25, -0.2) is 9.55 Å². The third kappa shape index (κ3) is 3.64. The van der Waals surface area contributed by atoms with Gasteiger partial charge in [0.15, 0.2) is 11.0 Å². The molecule has 0 amide bonds. The highest BCUT2D eigenvalue weighted by atomic mass is 32.1. The van der Waals surface area contributed by atoms with E-state index in [0.29, 0.717) is 0 Å². The summed E-state index contributed by atoms with van der Waals surface area (Å²) in [7, 11) is 2.18. The number of nitrogens with zero attached hydrogens (tertiary/aromatic N) is 3. The number of hydrogen-bond donors (Lipinski definition) is 0. The van der Waals surface area contributed by atoms with Crippen molar-refractivity contribution in [1.82, 2.24) is 9.55 Å². The second-order valence-electron chi connectivity index (χ2n) is 10.5. The zero-order chi connectivity index (χ0) is 25.0. The zero-order valence-electron chi connectivity index (χ0n) is 21.4. The van der Waals surface area contributed by atoms with Crippen molar-refractivity contribution in [2.24, 2.45) is 7.05 Å². The van der Waals surface area contributed by atoms with E-state index in [1.165, 1.54) is 43.9 Å². The van der Waals surface area contributed by atoms with E-state index in [-0.39, 0.29) is 5.41 Å². The van der Waals surface area contributed by atoms with Gasteiger partial charge in [0.05, 0.1) is 22.8 Å². The van der Waals surface area contributed by atoms with Crippen LogP contribution in [0.5, 0.6) is 0 Å². The van der Waals surface area contributed by atoms with Crippen LogP contribution in [0.3, 0.4) is 0 Å². The molecule has 36 heavy (non-hydrogen) atoms. The number of aromatic nitrogens is 3. The van der Waals surface area contributed by atoms with Gasteiger partial charge in [-0.3, -0.25) is 0 Å². The molecule has 0 atom stereocenters. The monoisotopic (exact) mass is 488 g/mol. The lowest BCUT2D eigenvalue weighted by molar-refractivity contribution is -0.633. The molecule has 0 aliphatic heterocycles. The molecule has 0 radical (unpaired) electrons. The van der Waals surface area contributed by atoms with Crippen molar-refractivity contribution in [3.8, 4) is 27.6 Å². The Balaban J connectivity index is 1.66. The van der Waals surface area contributed by atoms with Gasteiger partial charge in [0.2, 0.25) is 0 Å². The molecule has 2 aromatic heterocycles. The van der Waals surface area contributed by atoms with E-state index in [2.05, 4.69) is 135 Å². The molecule has 178 valence electrons. The number of fused-ring (bicyclic) bond motifs is 2. The molecule has 6 aromatic rings. The first-order valence-electron chi connectivity index (χ1n) is 12.4. The number of imidazole rings is 1. The molecule has 0 aliphatic carbocycles. The molecule has 0 N–H and O–H groups in total. The molecule has 0 fully saturated rings. The van der Waals surface area contributed by atoms with Crippen LogP contribution in [-0.4, -0.2) is 9.55 Å². The van der Waals surface area contributed by atoms with E-state index in [0.717, 1.165) is 16.1 Å². The van der Waals surface area contributed by atoms with Gasteiger partial charge in [-0.15, -0.1) is 11.3 Å². The predicted octanol–water partition coefficient (Wildman–Crippen LogP) is 8.00. The first kappa shape index (κ1) is 22.7. The fourth-order valence-corrected chi connectivity index (χ4v) is 6.20. The summed E-state index contributed by atoms with van der Waals surface area (Å²) < 4.78 is 5.96. The van der Waals surface area contributed by atoms with Crippen molar-refractivity contribution in [2.45, 2.75) is 33.1 Å². The van der Waals surface area contributed by atoms with Gasteiger partial charge in [-0.05, 0) is 53.8 Å². The zero-order valence-corrected chi connectivity index (χ0v) is 22.2. The quantitative estimate of drug-likeness (QED) is 0.231. The lowest BCUT2D eigenvalue weighted by Crippen LogP contribution is -2.30. The molecule has 0 saturated heterocycles. The number of aryl methyl sites for hydroxylation is 2. The Labute approximate surface area is 216 Å². The van der Waals surface area contributed by atoms with Crippen LogP contribution >= 0.6 is 11.3 Å². The van der Waals surface area contributed by atoms with Gasteiger partial charge in [0.1, 0.15) is 10.7 Å². The molecule has 2 heterocycles. The lowest BCUT2D eigenvalue weighted by Gasteiger charge is -2.18. The minimum atomic E-state index is 0.115. The molecular formula is C32H30N3S+. The molecule has 0 unspecified atom stereocenters. The van der Waals surface area contributed by atoms with Crippen molar-refractivity contribution in [3.63, 3.8) is 0 Å². The molecule has 0 spiro atoms. The van der Waals surface area contributed by atoms with Crippen molar-refractivity contribution >= 4 is 32.6 Å². The maximum absolute atomic E-state index is 5.03. The van der Waals surface area contributed by atoms with Crippen molar-refractivity contribution in [2.75, 3.05) is 0 Å². The Hall–Kier alpha value is -3.76. The summed E-state index contributed by atoms with van der Waals surface area (Å²) in [6.45, 7) is 8.99. The summed E-state index contributed by atoms with van der Waals surface area (Å²) in [5, 5.41) is 1.05. The summed E-state index contributed by atoms with van der Waals surface area (Å²) >= 11 is 1.78. The summed E-state index contributed by atoms with van der Waals surface area (Å²) in [6, 6.07) is 32.5. The molecule has 3 nitrogen and oxygen atoms in total. The van der Waals surface area contributed by atoms with Crippen LogP contribution in [0.15, 0.2) is 91.0 Å². The molecule has 0 saturated carbocycles. The minimum Gasteiger partial charge on any atom is -0.236 e. The first-order chi connectivity index (χ1) is 17.3. The number of thiazole rings is 1. The van der Waals surface area contributed by atoms with Gasteiger partial charge < -0.3 is 0 Å². The van der Waals surface area contributed by atoms with E-state index < -0.39 is 0 Å². The number of rotatable bonds is 3. The molecule has 4 heteroatoms. The predicted molar refractivity (Wildman–Crippen MR) is 152 cm³/mol. The van der Waals surface area contributed by atoms with Gasteiger partial charge >= 0.3 is 0 Å². The fraction of sp³-hybridized carbons (Fsp3) is 0.188.